The quantitative estimate of drug-likeness (QED) is 0.521. The van der Waals surface area contributed by atoms with E-state index in [0.717, 1.165) is 47.9 Å². The van der Waals surface area contributed by atoms with Gasteiger partial charge in [0.1, 0.15) is 5.82 Å². The summed E-state index contributed by atoms with van der Waals surface area (Å²) in [5, 5.41) is 3.72. The van der Waals surface area contributed by atoms with Crippen LogP contribution in [-0.4, -0.2) is 19.9 Å². The normalized spacial score (nSPS) is 13.6. The Hall–Kier alpha value is -3.60. The number of aryl methyl sites for hydroxylation is 2. The maximum Gasteiger partial charge on any atom is 0.161 e. The highest BCUT2D eigenvalue weighted by atomic mass is 15.1. The van der Waals surface area contributed by atoms with Gasteiger partial charge >= 0.3 is 0 Å². The Morgan fingerprint density at radius 2 is 1.80 bits per heavy atom. The lowest BCUT2D eigenvalue weighted by Gasteiger charge is -2.22. The molecule has 0 aliphatic heterocycles. The average Bonchev–Trinajstić information content (AvgIpc) is 3.27. The first-order valence-electron chi connectivity index (χ1n) is 10.3. The highest BCUT2D eigenvalue weighted by Gasteiger charge is 2.23. The van der Waals surface area contributed by atoms with E-state index < -0.39 is 0 Å². The smallest absolute Gasteiger partial charge is 0.161 e. The van der Waals surface area contributed by atoms with Gasteiger partial charge in [0.2, 0.25) is 0 Å². The summed E-state index contributed by atoms with van der Waals surface area (Å²) in [7, 11) is 0. The van der Waals surface area contributed by atoms with E-state index >= 15 is 0 Å². The largest absolute Gasteiger partial charge is 0.357 e. The van der Waals surface area contributed by atoms with E-state index in [4.69, 9.17) is 9.97 Å². The zero-order chi connectivity index (χ0) is 20.3. The lowest BCUT2D eigenvalue weighted by molar-refractivity contribution is 0.867. The summed E-state index contributed by atoms with van der Waals surface area (Å²) in [6.07, 6.45) is 8.50. The fourth-order valence-corrected chi connectivity index (χ4v) is 4.04. The van der Waals surface area contributed by atoms with Crippen molar-refractivity contribution in [3.8, 4) is 11.4 Å². The standard InChI is InChI=1S/C25H23N5/c1-17-6-4-7-19(16-17)23(22-9-2-3-13-27-22)29-25-20-8-5-10-21(20)28-24(30-25)18-11-14-26-15-12-18/h2-4,6-7,9,11-16,23H,5,8,10H2,1H3,(H,28,29,30). The molecule has 5 rings (SSSR count). The van der Waals surface area contributed by atoms with Gasteiger partial charge in [-0.3, -0.25) is 9.97 Å². The molecule has 0 saturated heterocycles. The van der Waals surface area contributed by atoms with Gasteiger partial charge in [-0.15, -0.1) is 0 Å². The van der Waals surface area contributed by atoms with E-state index in [1.165, 1.54) is 16.7 Å². The lowest BCUT2D eigenvalue weighted by atomic mass is 10.0. The van der Waals surface area contributed by atoms with Crippen LogP contribution < -0.4 is 5.32 Å². The van der Waals surface area contributed by atoms with Crippen molar-refractivity contribution >= 4 is 5.82 Å². The molecule has 3 heterocycles. The number of hydrogen-bond donors (Lipinski definition) is 1. The molecule has 0 amide bonds. The number of nitrogens with zero attached hydrogens (tertiary/aromatic N) is 4. The van der Waals surface area contributed by atoms with Gasteiger partial charge in [0, 0.05) is 35.4 Å². The minimum Gasteiger partial charge on any atom is -0.357 e. The van der Waals surface area contributed by atoms with Crippen molar-refractivity contribution in [2.24, 2.45) is 0 Å². The van der Waals surface area contributed by atoms with Gasteiger partial charge in [-0.05, 0) is 56.0 Å². The van der Waals surface area contributed by atoms with Crippen LogP contribution in [0.1, 0.15) is 40.5 Å². The SMILES string of the molecule is Cc1cccc(C(Nc2nc(-c3ccncc3)nc3c2CCC3)c2ccccn2)c1. The van der Waals surface area contributed by atoms with Crippen molar-refractivity contribution < 1.29 is 0 Å². The first-order valence-corrected chi connectivity index (χ1v) is 10.3. The van der Waals surface area contributed by atoms with Crippen molar-refractivity contribution in [2.75, 3.05) is 5.32 Å². The van der Waals surface area contributed by atoms with Crippen LogP contribution in [0.2, 0.25) is 0 Å². The first-order chi connectivity index (χ1) is 14.8. The third-order valence-corrected chi connectivity index (χ3v) is 5.51. The molecule has 148 valence electrons. The average molecular weight is 393 g/mol. The molecule has 5 heteroatoms. The van der Waals surface area contributed by atoms with E-state index in [9.17, 15) is 0 Å². The molecule has 1 aliphatic carbocycles. The van der Waals surface area contributed by atoms with Gasteiger partial charge in [-0.25, -0.2) is 9.97 Å². The lowest BCUT2D eigenvalue weighted by Crippen LogP contribution is -2.17. The Labute approximate surface area is 176 Å². The fourth-order valence-electron chi connectivity index (χ4n) is 4.04. The molecular weight excluding hydrogens is 370 g/mol. The highest BCUT2D eigenvalue weighted by Crippen LogP contribution is 2.33. The Morgan fingerprint density at radius 3 is 2.60 bits per heavy atom. The van der Waals surface area contributed by atoms with Crippen LogP contribution in [0.5, 0.6) is 0 Å². The predicted octanol–water partition coefficient (Wildman–Crippen LogP) is 4.93. The molecule has 0 spiro atoms. The second-order valence-corrected chi connectivity index (χ2v) is 7.66. The number of anilines is 1. The predicted molar refractivity (Wildman–Crippen MR) is 118 cm³/mol. The van der Waals surface area contributed by atoms with Crippen molar-refractivity contribution in [1.29, 1.82) is 0 Å². The topological polar surface area (TPSA) is 63.6 Å². The number of nitrogens with one attached hydrogen (secondary N) is 1. The number of rotatable bonds is 5. The van der Waals surface area contributed by atoms with Gasteiger partial charge in [0.15, 0.2) is 5.82 Å². The minimum absolute atomic E-state index is 0.0870. The molecule has 1 atom stereocenters. The van der Waals surface area contributed by atoms with Gasteiger partial charge < -0.3 is 5.32 Å². The summed E-state index contributed by atoms with van der Waals surface area (Å²) in [5.41, 5.74) is 6.71. The monoisotopic (exact) mass is 393 g/mol. The van der Waals surface area contributed by atoms with Gasteiger partial charge in [-0.1, -0.05) is 35.9 Å². The maximum absolute atomic E-state index is 4.95. The molecule has 1 aromatic carbocycles. The molecule has 4 aromatic rings. The van der Waals surface area contributed by atoms with Crippen molar-refractivity contribution in [3.05, 3.63) is 101 Å². The van der Waals surface area contributed by atoms with Gasteiger partial charge in [0.25, 0.3) is 0 Å². The van der Waals surface area contributed by atoms with Crippen LogP contribution in [0.4, 0.5) is 5.82 Å². The molecule has 0 radical (unpaired) electrons. The zero-order valence-corrected chi connectivity index (χ0v) is 16.9. The second kappa shape index (κ2) is 8.03. The molecule has 30 heavy (non-hydrogen) atoms. The van der Waals surface area contributed by atoms with Gasteiger partial charge in [-0.2, -0.15) is 0 Å². The first kappa shape index (κ1) is 18.4. The summed E-state index contributed by atoms with van der Waals surface area (Å²) in [4.78, 5) is 18.6. The number of pyridine rings is 2. The zero-order valence-electron chi connectivity index (χ0n) is 16.9. The summed E-state index contributed by atoms with van der Waals surface area (Å²) < 4.78 is 0. The van der Waals surface area contributed by atoms with Crippen LogP contribution in [-0.2, 0) is 12.8 Å². The number of benzene rings is 1. The Bertz CT molecular complexity index is 1160. The van der Waals surface area contributed by atoms with E-state index in [1.54, 1.807) is 12.4 Å². The molecular formula is C25H23N5. The van der Waals surface area contributed by atoms with Crippen LogP contribution in [0.25, 0.3) is 11.4 Å². The fraction of sp³-hybridized carbons (Fsp3) is 0.200. The van der Waals surface area contributed by atoms with E-state index in [1.807, 2.05) is 30.5 Å². The Morgan fingerprint density at radius 1 is 0.900 bits per heavy atom. The van der Waals surface area contributed by atoms with E-state index in [2.05, 4.69) is 52.5 Å². The van der Waals surface area contributed by atoms with Gasteiger partial charge in [0.05, 0.1) is 11.7 Å². The summed E-state index contributed by atoms with van der Waals surface area (Å²) in [6.45, 7) is 2.11. The molecule has 5 nitrogen and oxygen atoms in total. The number of aromatic nitrogens is 4. The summed E-state index contributed by atoms with van der Waals surface area (Å²) in [6, 6.07) is 18.4. The van der Waals surface area contributed by atoms with Crippen LogP contribution in [0.3, 0.4) is 0 Å². The Kier molecular flexibility index (Phi) is 4.93. The van der Waals surface area contributed by atoms with E-state index in [0.29, 0.717) is 0 Å². The van der Waals surface area contributed by atoms with Crippen molar-refractivity contribution in [2.45, 2.75) is 32.2 Å². The third kappa shape index (κ3) is 3.66. The molecule has 1 N–H and O–H groups in total. The maximum atomic E-state index is 4.95. The molecule has 1 aliphatic rings. The summed E-state index contributed by atoms with van der Waals surface area (Å²) in [5.74, 6) is 1.64. The Balaban J connectivity index is 1.61. The van der Waals surface area contributed by atoms with Crippen molar-refractivity contribution in [3.63, 3.8) is 0 Å². The van der Waals surface area contributed by atoms with E-state index in [-0.39, 0.29) is 6.04 Å². The molecule has 1 unspecified atom stereocenters. The van der Waals surface area contributed by atoms with Crippen LogP contribution in [0.15, 0.2) is 73.2 Å². The molecule has 0 saturated carbocycles. The van der Waals surface area contributed by atoms with Crippen molar-refractivity contribution in [1.82, 2.24) is 19.9 Å². The number of hydrogen-bond acceptors (Lipinski definition) is 5. The minimum atomic E-state index is -0.0870. The molecule has 3 aromatic heterocycles. The number of fused-ring (bicyclic) bond motifs is 1. The third-order valence-electron chi connectivity index (χ3n) is 5.51. The molecule has 0 fully saturated rings. The van der Waals surface area contributed by atoms with Crippen LogP contribution >= 0.6 is 0 Å². The molecule has 0 bridgehead atoms. The summed E-state index contributed by atoms with van der Waals surface area (Å²) >= 11 is 0. The second-order valence-electron chi connectivity index (χ2n) is 7.66. The highest BCUT2D eigenvalue weighted by molar-refractivity contribution is 5.61. The van der Waals surface area contributed by atoms with Crippen LogP contribution in [0, 0.1) is 6.92 Å².